The second-order valence-corrected chi connectivity index (χ2v) is 6.99. The van der Waals surface area contributed by atoms with Crippen LogP contribution in [0.1, 0.15) is 51.7 Å². The molecule has 98 valence electrons. The van der Waals surface area contributed by atoms with Gasteiger partial charge in [-0.15, -0.1) is 11.3 Å². The van der Waals surface area contributed by atoms with Gasteiger partial charge < -0.3 is 5.11 Å². The first-order valence-electron chi connectivity index (χ1n) is 6.47. The Balaban J connectivity index is 1.97. The fraction of sp³-hybridized carbons (Fsp3) is 0.533. The van der Waals surface area contributed by atoms with Gasteiger partial charge in [-0.25, -0.2) is 0 Å². The molecule has 2 heterocycles. The van der Waals surface area contributed by atoms with Crippen LogP contribution in [0.25, 0.3) is 10.2 Å². The van der Waals surface area contributed by atoms with E-state index in [1.54, 1.807) is 17.5 Å². The van der Waals surface area contributed by atoms with E-state index in [-0.39, 0.29) is 6.10 Å². The molecule has 0 aromatic carbocycles. The molecular weight excluding hydrogens is 242 g/mol. The number of fused-ring (bicyclic) bond motifs is 1. The van der Waals surface area contributed by atoms with Gasteiger partial charge in [-0.2, -0.15) is 0 Å². The Morgan fingerprint density at radius 1 is 1.39 bits per heavy atom. The van der Waals surface area contributed by atoms with Crippen LogP contribution >= 0.6 is 11.3 Å². The zero-order valence-electron chi connectivity index (χ0n) is 11.3. The number of aliphatic hydroxyl groups is 1. The van der Waals surface area contributed by atoms with Crippen molar-refractivity contribution in [2.75, 3.05) is 0 Å². The van der Waals surface area contributed by atoms with E-state index < -0.39 is 0 Å². The Bertz CT molecular complexity index is 512. The van der Waals surface area contributed by atoms with Gasteiger partial charge in [-0.3, -0.25) is 4.98 Å². The molecule has 0 aliphatic rings. The molecule has 2 aromatic heterocycles. The fourth-order valence-electron chi connectivity index (χ4n) is 2.04. The maximum Gasteiger partial charge on any atom is 0.0809 e. The molecule has 0 radical (unpaired) electrons. The number of aromatic nitrogens is 1. The molecule has 0 spiro atoms. The SMILES string of the molecule is CC(C)(C)CCCC(O)c1cnc2ccsc2c1. The molecule has 1 unspecified atom stereocenters. The summed E-state index contributed by atoms with van der Waals surface area (Å²) in [4.78, 5) is 4.37. The van der Waals surface area contributed by atoms with Gasteiger partial charge in [0.05, 0.1) is 16.3 Å². The molecule has 3 heteroatoms. The highest BCUT2D eigenvalue weighted by Gasteiger charge is 2.13. The first-order valence-corrected chi connectivity index (χ1v) is 7.35. The lowest BCUT2D eigenvalue weighted by Gasteiger charge is -2.19. The van der Waals surface area contributed by atoms with Crippen molar-refractivity contribution in [2.45, 2.75) is 46.1 Å². The highest BCUT2D eigenvalue weighted by atomic mass is 32.1. The maximum absolute atomic E-state index is 10.2. The van der Waals surface area contributed by atoms with E-state index in [1.165, 1.54) is 0 Å². The third-order valence-electron chi connectivity index (χ3n) is 3.11. The predicted molar refractivity (Wildman–Crippen MR) is 77.9 cm³/mol. The van der Waals surface area contributed by atoms with Crippen molar-refractivity contribution in [1.82, 2.24) is 4.98 Å². The number of pyridine rings is 1. The number of hydrogen-bond donors (Lipinski definition) is 1. The Labute approximate surface area is 113 Å². The van der Waals surface area contributed by atoms with Gasteiger partial charge in [0.2, 0.25) is 0 Å². The van der Waals surface area contributed by atoms with Crippen molar-refractivity contribution in [3.63, 3.8) is 0 Å². The van der Waals surface area contributed by atoms with Crippen LogP contribution in [0.3, 0.4) is 0 Å². The molecule has 0 aliphatic carbocycles. The van der Waals surface area contributed by atoms with Gasteiger partial charge in [-0.1, -0.05) is 27.2 Å². The number of aliphatic hydroxyl groups excluding tert-OH is 1. The first-order chi connectivity index (χ1) is 8.46. The van der Waals surface area contributed by atoms with Crippen LogP contribution in [0, 0.1) is 5.41 Å². The minimum absolute atomic E-state index is 0.343. The van der Waals surface area contributed by atoms with Crippen LogP contribution in [0.15, 0.2) is 23.7 Å². The minimum atomic E-state index is -0.383. The third kappa shape index (κ3) is 3.53. The quantitative estimate of drug-likeness (QED) is 0.878. The van der Waals surface area contributed by atoms with Crippen molar-refractivity contribution in [1.29, 1.82) is 0 Å². The van der Waals surface area contributed by atoms with Crippen molar-refractivity contribution in [3.05, 3.63) is 29.3 Å². The average Bonchev–Trinajstić information content (AvgIpc) is 2.73. The summed E-state index contributed by atoms with van der Waals surface area (Å²) < 4.78 is 1.15. The van der Waals surface area contributed by atoms with Crippen molar-refractivity contribution >= 4 is 21.6 Å². The van der Waals surface area contributed by atoms with Crippen LogP contribution in [0.5, 0.6) is 0 Å². The molecule has 0 saturated carbocycles. The average molecular weight is 263 g/mol. The normalized spacial score (nSPS) is 14.0. The summed E-state index contributed by atoms with van der Waals surface area (Å²) in [5.74, 6) is 0. The monoisotopic (exact) mass is 263 g/mol. The van der Waals surface area contributed by atoms with E-state index in [1.807, 2.05) is 11.4 Å². The summed E-state index contributed by atoms with van der Waals surface area (Å²) in [6.45, 7) is 6.70. The summed E-state index contributed by atoms with van der Waals surface area (Å²) in [7, 11) is 0. The lowest BCUT2D eigenvalue weighted by molar-refractivity contribution is 0.158. The van der Waals surface area contributed by atoms with Crippen LogP contribution in [-0.2, 0) is 0 Å². The molecule has 1 N–H and O–H groups in total. The molecule has 18 heavy (non-hydrogen) atoms. The molecule has 2 aromatic rings. The van der Waals surface area contributed by atoms with Gasteiger partial charge in [0.25, 0.3) is 0 Å². The van der Waals surface area contributed by atoms with E-state index in [2.05, 4.69) is 31.8 Å². The lowest BCUT2D eigenvalue weighted by Crippen LogP contribution is -2.06. The topological polar surface area (TPSA) is 33.1 Å². The zero-order chi connectivity index (χ0) is 13.2. The minimum Gasteiger partial charge on any atom is -0.388 e. The Morgan fingerprint density at radius 3 is 2.89 bits per heavy atom. The summed E-state index contributed by atoms with van der Waals surface area (Å²) in [5, 5.41) is 12.2. The lowest BCUT2D eigenvalue weighted by atomic mass is 9.89. The number of hydrogen-bond acceptors (Lipinski definition) is 3. The van der Waals surface area contributed by atoms with Gasteiger partial charge in [0, 0.05) is 11.8 Å². The number of rotatable bonds is 4. The molecule has 1 atom stereocenters. The third-order valence-corrected chi connectivity index (χ3v) is 3.97. The zero-order valence-corrected chi connectivity index (χ0v) is 12.1. The van der Waals surface area contributed by atoms with Crippen LogP contribution < -0.4 is 0 Å². The molecule has 2 rings (SSSR count). The van der Waals surface area contributed by atoms with Crippen LogP contribution in [0.4, 0.5) is 0 Å². The fourth-order valence-corrected chi connectivity index (χ4v) is 2.83. The Kier molecular flexibility index (Phi) is 4.03. The van der Waals surface area contributed by atoms with E-state index in [0.717, 1.165) is 35.0 Å². The van der Waals surface area contributed by atoms with Gasteiger partial charge in [0.15, 0.2) is 0 Å². The largest absolute Gasteiger partial charge is 0.388 e. The standard InChI is InChI=1S/C15H21NOS/c1-15(2,3)7-4-5-13(17)11-9-14-12(16-10-11)6-8-18-14/h6,8-10,13,17H,4-5,7H2,1-3H3. The molecule has 0 amide bonds. The highest BCUT2D eigenvalue weighted by Crippen LogP contribution is 2.28. The van der Waals surface area contributed by atoms with Gasteiger partial charge in [0.1, 0.15) is 0 Å². The van der Waals surface area contributed by atoms with E-state index >= 15 is 0 Å². The second-order valence-electron chi connectivity index (χ2n) is 6.04. The van der Waals surface area contributed by atoms with Crippen molar-refractivity contribution in [2.24, 2.45) is 5.41 Å². The van der Waals surface area contributed by atoms with Crippen LogP contribution in [-0.4, -0.2) is 10.1 Å². The van der Waals surface area contributed by atoms with Crippen LogP contribution in [0.2, 0.25) is 0 Å². The van der Waals surface area contributed by atoms with Crippen molar-refractivity contribution < 1.29 is 5.11 Å². The maximum atomic E-state index is 10.2. The Hall–Kier alpha value is -0.930. The smallest absolute Gasteiger partial charge is 0.0809 e. The van der Waals surface area contributed by atoms with Gasteiger partial charge in [-0.05, 0) is 35.8 Å². The second kappa shape index (κ2) is 5.37. The van der Waals surface area contributed by atoms with Gasteiger partial charge >= 0.3 is 0 Å². The molecule has 0 bridgehead atoms. The molecular formula is C15H21NOS. The molecule has 2 nitrogen and oxygen atoms in total. The highest BCUT2D eigenvalue weighted by molar-refractivity contribution is 7.17. The summed E-state index contributed by atoms with van der Waals surface area (Å²) in [5.41, 5.74) is 2.31. The summed E-state index contributed by atoms with van der Waals surface area (Å²) in [6, 6.07) is 4.07. The van der Waals surface area contributed by atoms with Crippen molar-refractivity contribution in [3.8, 4) is 0 Å². The summed E-state index contributed by atoms with van der Waals surface area (Å²) in [6.07, 6.45) is 4.42. The molecule has 0 fully saturated rings. The predicted octanol–water partition coefficient (Wildman–Crippen LogP) is 4.55. The van der Waals surface area contributed by atoms with E-state index in [0.29, 0.717) is 5.41 Å². The number of thiophene rings is 1. The molecule has 0 aliphatic heterocycles. The molecule has 0 saturated heterocycles. The number of nitrogens with zero attached hydrogens (tertiary/aromatic N) is 1. The first kappa shape index (κ1) is 13.5. The summed E-state index contributed by atoms with van der Waals surface area (Å²) >= 11 is 1.67. The van der Waals surface area contributed by atoms with E-state index in [4.69, 9.17) is 0 Å². The Morgan fingerprint density at radius 2 is 2.17 bits per heavy atom. The van der Waals surface area contributed by atoms with E-state index in [9.17, 15) is 5.11 Å².